The van der Waals surface area contributed by atoms with Gasteiger partial charge in [0.25, 0.3) is 0 Å². The van der Waals surface area contributed by atoms with Crippen LogP contribution in [0.15, 0.2) is 24.3 Å². The number of benzene rings is 1. The Morgan fingerprint density at radius 1 is 1.38 bits per heavy atom. The molecule has 88 valence electrons. The van der Waals surface area contributed by atoms with Crippen LogP contribution in [-0.2, 0) is 12.7 Å². The van der Waals surface area contributed by atoms with Crippen LogP contribution in [0.25, 0.3) is 0 Å². The SMILES string of the molecule is OCC1COC(c2ccc(OOI)cc2)O1. The topological polar surface area (TPSA) is 57.2 Å². The lowest BCUT2D eigenvalue weighted by atomic mass is 10.2. The molecule has 16 heavy (non-hydrogen) atoms. The molecule has 1 heterocycles. The third-order valence-electron chi connectivity index (χ3n) is 2.23. The number of hydrogen-bond acceptors (Lipinski definition) is 5. The summed E-state index contributed by atoms with van der Waals surface area (Å²) in [4.78, 5) is 4.83. The van der Waals surface area contributed by atoms with Gasteiger partial charge >= 0.3 is 0 Å². The second-order valence-corrected chi connectivity index (χ2v) is 3.68. The van der Waals surface area contributed by atoms with Crippen molar-refractivity contribution >= 4 is 23.0 Å². The van der Waals surface area contributed by atoms with Crippen LogP contribution in [0, 0.1) is 0 Å². The van der Waals surface area contributed by atoms with E-state index >= 15 is 0 Å². The van der Waals surface area contributed by atoms with Crippen LogP contribution in [0.4, 0.5) is 0 Å². The van der Waals surface area contributed by atoms with E-state index in [-0.39, 0.29) is 12.7 Å². The van der Waals surface area contributed by atoms with Crippen molar-refractivity contribution in [3.8, 4) is 5.75 Å². The van der Waals surface area contributed by atoms with Crippen molar-refractivity contribution in [3.05, 3.63) is 29.8 Å². The van der Waals surface area contributed by atoms with Gasteiger partial charge in [-0.3, -0.25) is 0 Å². The summed E-state index contributed by atoms with van der Waals surface area (Å²) in [6.07, 6.45) is -0.648. The molecule has 0 spiro atoms. The molecule has 2 atom stereocenters. The van der Waals surface area contributed by atoms with Crippen molar-refractivity contribution < 1.29 is 22.7 Å². The molecular weight excluding hydrogens is 327 g/mol. The molecule has 0 aromatic heterocycles. The van der Waals surface area contributed by atoms with E-state index in [1.807, 2.05) is 12.1 Å². The van der Waals surface area contributed by atoms with Crippen molar-refractivity contribution in [2.75, 3.05) is 13.2 Å². The zero-order chi connectivity index (χ0) is 11.4. The van der Waals surface area contributed by atoms with Gasteiger partial charge < -0.3 is 19.5 Å². The van der Waals surface area contributed by atoms with E-state index < -0.39 is 6.29 Å². The molecule has 0 amide bonds. The van der Waals surface area contributed by atoms with E-state index in [0.29, 0.717) is 12.4 Å². The lowest BCUT2D eigenvalue weighted by Gasteiger charge is -2.10. The Morgan fingerprint density at radius 3 is 2.69 bits per heavy atom. The number of ether oxygens (including phenoxy) is 2. The van der Waals surface area contributed by atoms with Crippen LogP contribution < -0.4 is 4.89 Å². The van der Waals surface area contributed by atoms with E-state index in [1.54, 1.807) is 35.1 Å². The average Bonchev–Trinajstić information content (AvgIpc) is 2.79. The van der Waals surface area contributed by atoms with Gasteiger partial charge in [-0.25, -0.2) is 0 Å². The van der Waals surface area contributed by atoms with Gasteiger partial charge in [-0.1, -0.05) is 12.1 Å². The predicted molar refractivity (Wildman–Crippen MR) is 62.8 cm³/mol. The third kappa shape index (κ3) is 2.83. The highest BCUT2D eigenvalue weighted by Crippen LogP contribution is 2.28. The largest absolute Gasteiger partial charge is 0.394 e. The summed E-state index contributed by atoms with van der Waals surface area (Å²) in [7, 11) is 0. The smallest absolute Gasteiger partial charge is 0.184 e. The minimum Gasteiger partial charge on any atom is -0.394 e. The summed E-state index contributed by atoms with van der Waals surface area (Å²) in [5.41, 5.74) is 0.886. The van der Waals surface area contributed by atoms with Gasteiger partial charge in [0, 0.05) is 5.56 Å². The van der Waals surface area contributed by atoms with Gasteiger partial charge in [0.1, 0.15) is 6.10 Å². The zero-order valence-corrected chi connectivity index (χ0v) is 10.5. The normalized spacial score (nSPS) is 24.6. The molecule has 0 saturated carbocycles. The molecule has 2 unspecified atom stereocenters. The summed E-state index contributed by atoms with van der Waals surface area (Å²) in [5, 5.41) is 8.90. The Labute approximate surface area is 107 Å². The lowest BCUT2D eigenvalue weighted by Crippen LogP contribution is -2.14. The molecule has 2 rings (SSSR count). The van der Waals surface area contributed by atoms with Crippen LogP contribution >= 0.6 is 23.0 Å². The number of aliphatic hydroxyl groups is 1. The van der Waals surface area contributed by atoms with E-state index in [9.17, 15) is 0 Å². The molecule has 1 aliphatic rings. The molecule has 0 aliphatic carbocycles. The average molecular weight is 338 g/mol. The molecular formula is C10H11IO5. The second-order valence-electron chi connectivity index (χ2n) is 3.32. The molecule has 1 N–H and O–H groups in total. The van der Waals surface area contributed by atoms with Crippen LogP contribution in [0.2, 0.25) is 0 Å². The number of aliphatic hydroxyl groups excluding tert-OH is 1. The van der Waals surface area contributed by atoms with Crippen molar-refractivity contribution in [1.29, 1.82) is 0 Å². The fourth-order valence-corrected chi connectivity index (χ4v) is 1.64. The highest BCUT2D eigenvalue weighted by molar-refractivity contribution is 14.1. The Morgan fingerprint density at radius 2 is 2.12 bits per heavy atom. The van der Waals surface area contributed by atoms with Gasteiger partial charge in [0.05, 0.1) is 13.2 Å². The van der Waals surface area contributed by atoms with Gasteiger partial charge in [0.15, 0.2) is 35.0 Å². The summed E-state index contributed by atoms with van der Waals surface area (Å²) in [6, 6.07) is 7.17. The summed E-state index contributed by atoms with van der Waals surface area (Å²) >= 11 is 1.65. The minimum atomic E-state index is -0.410. The van der Waals surface area contributed by atoms with Crippen molar-refractivity contribution in [3.63, 3.8) is 0 Å². The molecule has 1 saturated heterocycles. The van der Waals surface area contributed by atoms with Crippen LogP contribution in [-0.4, -0.2) is 24.4 Å². The predicted octanol–water partition coefficient (Wildman–Crippen LogP) is 1.75. The minimum absolute atomic E-state index is 0.0274. The Hall–Kier alpha value is -0.410. The molecule has 0 bridgehead atoms. The van der Waals surface area contributed by atoms with Crippen molar-refractivity contribution in [2.45, 2.75) is 12.4 Å². The van der Waals surface area contributed by atoms with Crippen LogP contribution in [0.3, 0.4) is 0 Å². The Bertz CT molecular complexity index is 328. The van der Waals surface area contributed by atoms with Crippen molar-refractivity contribution in [1.82, 2.24) is 0 Å². The van der Waals surface area contributed by atoms with Crippen LogP contribution in [0.5, 0.6) is 5.75 Å². The molecule has 0 radical (unpaired) electrons. The highest BCUT2D eigenvalue weighted by Gasteiger charge is 2.26. The number of rotatable bonds is 4. The van der Waals surface area contributed by atoms with Gasteiger partial charge in [-0.05, 0) is 12.1 Å². The standard InChI is InChI=1S/C10H11IO5/c11-16-15-8-3-1-7(2-4-8)10-13-6-9(5-12)14-10/h1-4,9-10,12H,5-6H2. The molecule has 1 aromatic carbocycles. The lowest BCUT2D eigenvalue weighted by molar-refractivity contribution is -0.0680. The number of halogens is 1. The first-order valence-electron chi connectivity index (χ1n) is 4.76. The van der Waals surface area contributed by atoms with Gasteiger partial charge in [0.2, 0.25) is 0 Å². The third-order valence-corrected chi connectivity index (χ3v) is 2.41. The summed E-state index contributed by atoms with van der Waals surface area (Å²) in [5.74, 6) is 0.606. The fraction of sp³-hybridized carbons (Fsp3) is 0.400. The first-order valence-corrected chi connectivity index (χ1v) is 5.64. The summed E-state index contributed by atoms with van der Waals surface area (Å²) in [6.45, 7) is 0.386. The monoisotopic (exact) mass is 338 g/mol. The van der Waals surface area contributed by atoms with E-state index in [1.165, 1.54) is 0 Å². The van der Waals surface area contributed by atoms with Gasteiger partial charge in [-0.2, -0.15) is 0 Å². The summed E-state index contributed by atoms with van der Waals surface area (Å²) < 4.78 is 15.3. The molecule has 5 nitrogen and oxygen atoms in total. The van der Waals surface area contributed by atoms with E-state index in [4.69, 9.17) is 19.5 Å². The molecule has 1 fully saturated rings. The molecule has 6 heteroatoms. The maximum absolute atomic E-state index is 8.90. The first-order chi connectivity index (χ1) is 7.83. The van der Waals surface area contributed by atoms with Crippen LogP contribution in [0.1, 0.15) is 11.9 Å². The highest BCUT2D eigenvalue weighted by atomic mass is 127. The fourth-order valence-electron chi connectivity index (χ4n) is 1.44. The maximum Gasteiger partial charge on any atom is 0.184 e. The van der Waals surface area contributed by atoms with Crippen molar-refractivity contribution in [2.24, 2.45) is 0 Å². The Kier molecular flexibility index (Phi) is 4.36. The molecule has 1 aliphatic heterocycles. The van der Waals surface area contributed by atoms with Gasteiger partial charge in [-0.15, -0.1) is 3.22 Å². The maximum atomic E-state index is 8.90. The van der Waals surface area contributed by atoms with E-state index in [0.717, 1.165) is 5.56 Å². The number of hydrogen-bond donors (Lipinski definition) is 1. The van der Waals surface area contributed by atoms with E-state index in [2.05, 4.69) is 3.22 Å². The zero-order valence-electron chi connectivity index (χ0n) is 8.34. The first kappa shape index (κ1) is 12.1. The molecule has 1 aromatic rings. The second kappa shape index (κ2) is 5.78. The Balaban J connectivity index is 1.99. The quantitative estimate of drug-likeness (QED) is 0.515.